The number of nitrogens with one attached hydrogen (secondary N) is 1. The van der Waals surface area contributed by atoms with E-state index in [4.69, 9.17) is 4.74 Å². The van der Waals surface area contributed by atoms with Gasteiger partial charge in [0.2, 0.25) is 0 Å². The minimum atomic E-state index is -0.279. The highest BCUT2D eigenvalue weighted by atomic mass is 16.5. The Bertz CT molecular complexity index is 736. The van der Waals surface area contributed by atoms with Crippen molar-refractivity contribution in [1.82, 2.24) is 14.8 Å². The number of aromatic amines is 1. The Hall–Kier alpha value is -1.40. The lowest BCUT2D eigenvalue weighted by Crippen LogP contribution is -2.56. The molecule has 1 aromatic heterocycles. The molecule has 5 nitrogen and oxygen atoms in total. The predicted octanol–water partition coefficient (Wildman–Crippen LogP) is 2.05. The van der Waals surface area contributed by atoms with Crippen molar-refractivity contribution in [1.29, 1.82) is 0 Å². The van der Waals surface area contributed by atoms with Crippen LogP contribution >= 0.6 is 0 Å². The first-order valence-electron chi connectivity index (χ1n) is 9.42. The largest absolute Gasteiger partial charge is 0.390 e. The number of likely N-dealkylation sites (tertiary alicyclic amines) is 1. The van der Waals surface area contributed by atoms with Crippen LogP contribution in [0.2, 0.25) is 0 Å². The zero-order chi connectivity index (χ0) is 17.4. The molecule has 2 fully saturated rings. The molecule has 0 saturated carbocycles. The van der Waals surface area contributed by atoms with E-state index in [1.54, 1.807) is 0 Å². The molecular weight excluding hydrogens is 314 g/mol. The number of benzene rings is 1. The van der Waals surface area contributed by atoms with Crippen molar-refractivity contribution in [2.24, 2.45) is 0 Å². The summed E-state index contributed by atoms with van der Waals surface area (Å²) in [4.78, 5) is 8.41. The zero-order valence-corrected chi connectivity index (χ0v) is 15.3. The first-order chi connectivity index (χ1) is 12.1. The summed E-state index contributed by atoms with van der Waals surface area (Å²) in [5, 5.41) is 12.0. The van der Waals surface area contributed by atoms with E-state index in [2.05, 4.69) is 46.8 Å². The van der Waals surface area contributed by atoms with Crippen LogP contribution in [0.3, 0.4) is 0 Å². The lowest BCUT2D eigenvalue weighted by Gasteiger charge is -2.43. The van der Waals surface area contributed by atoms with Crippen LogP contribution in [0.15, 0.2) is 18.2 Å². The van der Waals surface area contributed by atoms with Crippen LogP contribution in [0.25, 0.3) is 10.9 Å². The van der Waals surface area contributed by atoms with Gasteiger partial charge in [-0.15, -0.1) is 0 Å². The third-order valence-electron chi connectivity index (χ3n) is 5.93. The summed E-state index contributed by atoms with van der Waals surface area (Å²) >= 11 is 0. The highest BCUT2D eigenvalue weighted by Gasteiger charge is 2.33. The average molecular weight is 343 g/mol. The molecule has 136 valence electrons. The quantitative estimate of drug-likeness (QED) is 0.896. The number of hydrogen-bond acceptors (Lipinski definition) is 4. The van der Waals surface area contributed by atoms with Gasteiger partial charge in [0.25, 0.3) is 0 Å². The number of hydrogen-bond donors (Lipinski definition) is 2. The number of nitrogens with zero attached hydrogens (tertiary/aromatic N) is 2. The van der Waals surface area contributed by atoms with Gasteiger partial charge in [-0.1, -0.05) is 18.2 Å². The number of ether oxygens (including phenoxy) is 1. The number of aromatic nitrogens is 1. The number of fused-ring (bicyclic) bond motifs is 1. The monoisotopic (exact) mass is 343 g/mol. The molecule has 25 heavy (non-hydrogen) atoms. The summed E-state index contributed by atoms with van der Waals surface area (Å²) in [6, 6.07) is 6.75. The molecule has 1 aromatic carbocycles. The van der Waals surface area contributed by atoms with Gasteiger partial charge in [0.15, 0.2) is 0 Å². The third kappa shape index (κ3) is 3.34. The molecule has 0 unspecified atom stereocenters. The number of aliphatic hydroxyl groups is 1. The maximum atomic E-state index is 10.7. The summed E-state index contributed by atoms with van der Waals surface area (Å²) in [7, 11) is 0. The molecule has 0 spiro atoms. The third-order valence-corrected chi connectivity index (χ3v) is 5.93. The van der Waals surface area contributed by atoms with Crippen LogP contribution in [0.1, 0.15) is 23.2 Å². The number of para-hydroxylation sites is 1. The number of aliphatic hydroxyl groups excluding tert-OH is 1. The number of morpholine rings is 1. The fraction of sp³-hybridized carbons (Fsp3) is 0.600. The van der Waals surface area contributed by atoms with Crippen LogP contribution in [0.5, 0.6) is 0 Å². The summed E-state index contributed by atoms with van der Waals surface area (Å²) in [5.74, 6) is 0. The molecule has 0 bridgehead atoms. The van der Waals surface area contributed by atoms with Gasteiger partial charge in [-0.05, 0) is 31.4 Å². The molecule has 2 aromatic rings. The summed E-state index contributed by atoms with van der Waals surface area (Å²) in [6.07, 6.45) is 0.748. The van der Waals surface area contributed by atoms with Crippen molar-refractivity contribution in [3.8, 4) is 0 Å². The van der Waals surface area contributed by atoms with Crippen LogP contribution < -0.4 is 0 Å². The fourth-order valence-electron chi connectivity index (χ4n) is 4.40. The highest BCUT2D eigenvalue weighted by Crippen LogP contribution is 2.26. The van der Waals surface area contributed by atoms with Gasteiger partial charge in [-0.3, -0.25) is 9.80 Å². The minimum absolute atomic E-state index is 0.279. The van der Waals surface area contributed by atoms with Gasteiger partial charge >= 0.3 is 0 Å². The summed E-state index contributed by atoms with van der Waals surface area (Å²) in [6.45, 7) is 10.5. The number of β-amino-alcohol motifs (C(OH)–C–C–N with tert-alkyl or cyclic N) is 1. The van der Waals surface area contributed by atoms with E-state index in [1.807, 2.05) is 0 Å². The van der Waals surface area contributed by atoms with E-state index in [0.29, 0.717) is 0 Å². The smallest absolute Gasteiger partial charge is 0.0822 e. The van der Waals surface area contributed by atoms with E-state index in [9.17, 15) is 5.11 Å². The second-order valence-electron chi connectivity index (χ2n) is 7.53. The first kappa shape index (κ1) is 17.0. The van der Waals surface area contributed by atoms with Gasteiger partial charge in [0, 0.05) is 55.4 Å². The van der Waals surface area contributed by atoms with Crippen molar-refractivity contribution in [2.45, 2.75) is 39.0 Å². The SMILES string of the molecule is Cc1c(CN2CC[C@H](N3CCOCC3)[C@@H](O)C2)[nH]c2c(C)cccc12. The molecule has 0 radical (unpaired) electrons. The summed E-state index contributed by atoms with van der Waals surface area (Å²) in [5.41, 5.74) is 5.15. The molecule has 2 saturated heterocycles. The van der Waals surface area contributed by atoms with Crippen molar-refractivity contribution < 1.29 is 9.84 Å². The topological polar surface area (TPSA) is 51.7 Å². The molecule has 4 rings (SSSR count). The molecule has 5 heteroatoms. The molecule has 3 heterocycles. The second-order valence-corrected chi connectivity index (χ2v) is 7.53. The van der Waals surface area contributed by atoms with E-state index in [-0.39, 0.29) is 12.1 Å². The van der Waals surface area contributed by atoms with Crippen LogP contribution in [0, 0.1) is 13.8 Å². The Morgan fingerprint density at radius 2 is 2.00 bits per heavy atom. The highest BCUT2D eigenvalue weighted by molar-refractivity contribution is 5.86. The van der Waals surface area contributed by atoms with Gasteiger partial charge < -0.3 is 14.8 Å². The van der Waals surface area contributed by atoms with Gasteiger partial charge in [0.05, 0.1) is 19.3 Å². The van der Waals surface area contributed by atoms with Gasteiger partial charge in [-0.25, -0.2) is 0 Å². The van der Waals surface area contributed by atoms with Gasteiger partial charge in [0.1, 0.15) is 0 Å². The zero-order valence-electron chi connectivity index (χ0n) is 15.3. The Labute approximate surface area is 149 Å². The number of piperidine rings is 1. The predicted molar refractivity (Wildman–Crippen MR) is 99.9 cm³/mol. The molecule has 0 amide bonds. The minimum Gasteiger partial charge on any atom is -0.390 e. The van der Waals surface area contributed by atoms with E-state index in [1.165, 1.54) is 27.7 Å². The molecule has 2 aliphatic rings. The number of aryl methyl sites for hydroxylation is 2. The molecule has 2 N–H and O–H groups in total. The van der Waals surface area contributed by atoms with Gasteiger partial charge in [-0.2, -0.15) is 0 Å². The molecule has 2 aliphatic heterocycles. The fourth-order valence-corrected chi connectivity index (χ4v) is 4.40. The number of H-pyrrole nitrogens is 1. The van der Waals surface area contributed by atoms with Crippen molar-refractivity contribution in [3.63, 3.8) is 0 Å². The normalized spacial score (nSPS) is 26.4. The summed E-state index contributed by atoms with van der Waals surface area (Å²) < 4.78 is 5.44. The standard InChI is InChI=1S/C20H29N3O2/c1-14-4-3-5-16-15(2)17(21-20(14)16)12-22-7-6-18(19(24)13-22)23-8-10-25-11-9-23/h3-5,18-19,21,24H,6-13H2,1-2H3/t18-,19-/m0/s1. The maximum absolute atomic E-state index is 10.7. The van der Waals surface area contributed by atoms with Crippen molar-refractivity contribution in [3.05, 3.63) is 35.0 Å². The van der Waals surface area contributed by atoms with E-state index in [0.717, 1.165) is 52.4 Å². The first-order valence-corrected chi connectivity index (χ1v) is 9.42. The van der Waals surface area contributed by atoms with Crippen molar-refractivity contribution in [2.75, 3.05) is 39.4 Å². The van der Waals surface area contributed by atoms with Crippen LogP contribution in [0.4, 0.5) is 0 Å². The maximum Gasteiger partial charge on any atom is 0.0822 e. The van der Waals surface area contributed by atoms with E-state index >= 15 is 0 Å². The Morgan fingerprint density at radius 1 is 1.20 bits per heavy atom. The van der Waals surface area contributed by atoms with Crippen molar-refractivity contribution >= 4 is 10.9 Å². The molecule has 0 aliphatic carbocycles. The Kier molecular flexibility index (Phi) is 4.82. The lowest BCUT2D eigenvalue weighted by molar-refractivity contribution is -0.0535. The second kappa shape index (κ2) is 7.08. The lowest BCUT2D eigenvalue weighted by atomic mass is 9.99. The molecular formula is C20H29N3O2. The van der Waals surface area contributed by atoms with E-state index < -0.39 is 0 Å². The van der Waals surface area contributed by atoms with Crippen LogP contribution in [-0.4, -0.2) is 71.4 Å². The Morgan fingerprint density at radius 3 is 2.72 bits per heavy atom. The number of rotatable bonds is 3. The molecule has 2 atom stereocenters. The Balaban J connectivity index is 1.44. The average Bonchev–Trinajstić information content (AvgIpc) is 2.94. The van der Waals surface area contributed by atoms with Crippen LogP contribution in [-0.2, 0) is 11.3 Å².